The third-order valence-corrected chi connectivity index (χ3v) is 5.45. The molecular weight excluding hydrogens is 232 g/mol. The molecule has 3 aliphatic heterocycles. The number of nitrogens with zero attached hydrogens (tertiary/aromatic N) is 1. The average molecular weight is 254 g/mol. The molecule has 0 radical (unpaired) electrons. The lowest BCUT2D eigenvalue weighted by atomic mass is 9.99. The Kier molecular flexibility index (Phi) is 3.61. The zero-order valence-corrected chi connectivity index (χ0v) is 11.2. The van der Waals surface area contributed by atoms with Gasteiger partial charge in [-0.25, -0.2) is 0 Å². The molecule has 0 aromatic rings. The molecule has 3 rings (SSSR count). The Morgan fingerprint density at radius 3 is 2.65 bits per heavy atom. The first-order valence-electron chi connectivity index (χ1n) is 6.95. The van der Waals surface area contributed by atoms with E-state index in [-0.39, 0.29) is 0 Å². The van der Waals surface area contributed by atoms with Gasteiger partial charge in [0, 0.05) is 31.1 Å². The molecule has 2 atom stereocenters. The van der Waals surface area contributed by atoms with Crippen molar-refractivity contribution >= 4 is 17.7 Å². The SMILES string of the molecule is O=C(C1CCSCC1)N1CCC2CCC(C1)N2. The van der Waals surface area contributed by atoms with Gasteiger partial charge in [-0.05, 0) is 43.6 Å². The van der Waals surface area contributed by atoms with Gasteiger partial charge in [-0.3, -0.25) is 4.79 Å². The number of nitrogens with one attached hydrogen (secondary N) is 1. The number of rotatable bonds is 1. The number of fused-ring (bicyclic) bond motifs is 2. The molecule has 3 nitrogen and oxygen atoms in total. The minimum absolute atomic E-state index is 0.327. The minimum Gasteiger partial charge on any atom is -0.341 e. The number of carbonyl (C=O) groups is 1. The summed E-state index contributed by atoms with van der Waals surface area (Å²) in [5, 5.41) is 3.64. The average Bonchev–Trinajstić information content (AvgIpc) is 2.69. The highest BCUT2D eigenvalue weighted by Crippen LogP contribution is 2.27. The van der Waals surface area contributed by atoms with Crippen molar-refractivity contribution in [2.24, 2.45) is 5.92 Å². The van der Waals surface area contributed by atoms with Crippen LogP contribution in [0.2, 0.25) is 0 Å². The van der Waals surface area contributed by atoms with Gasteiger partial charge in [-0.2, -0.15) is 11.8 Å². The van der Waals surface area contributed by atoms with Crippen LogP contribution in [0.15, 0.2) is 0 Å². The summed E-state index contributed by atoms with van der Waals surface area (Å²) in [5.41, 5.74) is 0. The van der Waals surface area contributed by atoms with Crippen molar-refractivity contribution in [1.29, 1.82) is 0 Å². The molecule has 3 heterocycles. The molecule has 0 aromatic carbocycles. The number of thioether (sulfide) groups is 1. The fourth-order valence-electron chi connectivity index (χ4n) is 3.35. The van der Waals surface area contributed by atoms with Crippen molar-refractivity contribution in [3.05, 3.63) is 0 Å². The van der Waals surface area contributed by atoms with Gasteiger partial charge in [0.25, 0.3) is 0 Å². The van der Waals surface area contributed by atoms with Crippen LogP contribution in [0, 0.1) is 5.92 Å². The molecule has 2 bridgehead atoms. The Labute approximate surface area is 108 Å². The van der Waals surface area contributed by atoms with E-state index in [1.54, 1.807) is 0 Å². The van der Waals surface area contributed by atoms with Crippen LogP contribution in [0.4, 0.5) is 0 Å². The van der Waals surface area contributed by atoms with Crippen molar-refractivity contribution in [2.45, 2.75) is 44.2 Å². The van der Waals surface area contributed by atoms with E-state index in [4.69, 9.17) is 0 Å². The minimum atomic E-state index is 0.327. The number of amides is 1. The maximum atomic E-state index is 12.5. The van der Waals surface area contributed by atoms with Crippen LogP contribution in [0.1, 0.15) is 32.1 Å². The van der Waals surface area contributed by atoms with Crippen molar-refractivity contribution in [1.82, 2.24) is 10.2 Å². The second-order valence-corrected chi connectivity index (χ2v) is 6.82. The van der Waals surface area contributed by atoms with E-state index in [1.165, 1.54) is 24.3 Å². The van der Waals surface area contributed by atoms with Gasteiger partial charge in [0.2, 0.25) is 5.91 Å². The van der Waals surface area contributed by atoms with Crippen LogP contribution in [0.5, 0.6) is 0 Å². The van der Waals surface area contributed by atoms with Gasteiger partial charge in [0.15, 0.2) is 0 Å². The summed E-state index contributed by atoms with van der Waals surface area (Å²) in [6.45, 7) is 1.94. The van der Waals surface area contributed by atoms with E-state index in [0.717, 1.165) is 32.4 Å². The first-order chi connectivity index (χ1) is 8.33. The standard InChI is InChI=1S/C13H22N2OS/c16-13(10-4-7-17-8-5-10)15-6-3-11-1-2-12(9-15)14-11/h10-12,14H,1-9H2. The van der Waals surface area contributed by atoms with E-state index in [1.807, 2.05) is 11.8 Å². The summed E-state index contributed by atoms with van der Waals surface area (Å²) in [6.07, 6.45) is 5.93. The van der Waals surface area contributed by atoms with Crippen LogP contribution < -0.4 is 5.32 Å². The number of likely N-dealkylation sites (tertiary alicyclic amines) is 1. The second kappa shape index (κ2) is 5.19. The Morgan fingerprint density at radius 1 is 1.06 bits per heavy atom. The zero-order chi connectivity index (χ0) is 11.7. The summed E-state index contributed by atoms with van der Waals surface area (Å²) in [6, 6.07) is 1.25. The van der Waals surface area contributed by atoms with Crippen LogP contribution in [-0.4, -0.2) is 47.5 Å². The summed E-state index contributed by atoms with van der Waals surface area (Å²) in [7, 11) is 0. The summed E-state index contributed by atoms with van der Waals surface area (Å²) < 4.78 is 0. The predicted octanol–water partition coefficient (Wildman–Crippen LogP) is 1.48. The molecule has 1 amide bonds. The van der Waals surface area contributed by atoms with Crippen molar-refractivity contribution < 1.29 is 4.79 Å². The topological polar surface area (TPSA) is 32.3 Å². The Hall–Kier alpha value is -0.220. The van der Waals surface area contributed by atoms with E-state index in [0.29, 0.717) is 23.9 Å². The molecule has 3 aliphatic rings. The highest BCUT2D eigenvalue weighted by atomic mass is 32.2. The molecule has 0 aliphatic carbocycles. The Balaban J connectivity index is 1.61. The number of hydrogen-bond acceptors (Lipinski definition) is 3. The van der Waals surface area contributed by atoms with Gasteiger partial charge >= 0.3 is 0 Å². The Bertz CT molecular complexity index is 291. The lowest BCUT2D eigenvalue weighted by Crippen LogP contribution is -2.42. The lowest BCUT2D eigenvalue weighted by molar-refractivity contribution is -0.136. The predicted molar refractivity (Wildman–Crippen MR) is 71.2 cm³/mol. The summed E-state index contributed by atoms with van der Waals surface area (Å²) >= 11 is 2.00. The molecule has 4 heteroatoms. The third-order valence-electron chi connectivity index (χ3n) is 4.41. The van der Waals surface area contributed by atoms with E-state index < -0.39 is 0 Å². The molecule has 2 unspecified atom stereocenters. The molecular formula is C13H22N2OS. The molecule has 0 spiro atoms. The maximum Gasteiger partial charge on any atom is 0.225 e. The molecule has 96 valence electrons. The second-order valence-electron chi connectivity index (χ2n) is 5.60. The van der Waals surface area contributed by atoms with Crippen molar-refractivity contribution in [3.63, 3.8) is 0 Å². The summed E-state index contributed by atoms with van der Waals surface area (Å²) in [4.78, 5) is 14.6. The van der Waals surface area contributed by atoms with Gasteiger partial charge in [0.1, 0.15) is 0 Å². The fraction of sp³-hybridized carbons (Fsp3) is 0.923. The molecule has 0 aromatic heterocycles. The maximum absolute atomic E-state index is 12.5. The molecule has 0 saturated carbocycles. The molecule has 17 heavy (non-hydrogen) atoms. The lowest BCUT2D eigenvalue weighted by Gasteiger charge is -2.30. The van der Waals surface area contributed by atoms with Crippen LogP contribution >= 0.6 is 11.8 Å². The quantitative estimate of drug-likeness (QED) is 0.769. The van der Waals surface area contributed by atoms with E-state index >= 15 is 0 Å². The highest BCUT2D eigenvalue weighted by Gasteiger charge is 2.33. The van der Waals surface area contributed by atoms with E-state index in [9.17, 15) is 4.79 Å². The first kappa shape index (κ1) is 11.8. The smallest absolute Gasteiger partial charge is 0.225 e. The molecule has 3 fully saturated rings. The van der Waals surface area contributed by atoms with Gasteiger partial charge in [-0.1, -0.05) is 0 Å². The van der Waals surface area contributed by atoms with E-state index in [2.05, 4.69) is 10.2 Å². The molecule has 3 saturated heterocycles. The first-order valence-corrected chi connectivity index (χ1v) is 8.11. The number of hydrogen-bond donors (Lipinski definition) is 1. The van der Waals surface area contributed by atoms with Crippen molar-refractivity contribution in [3.8, 4) is 0 Å². The summed E-state index contributed by atoms with van der Waals surface area (Å²) in [5.74, 6) is 3.12. The van der Waals surface area contributed by atoms with Crippen LogP contribution in [0.25, 0.3) is 0 Å². The third kappa shape index (κ3) is 2.63. The van der Waals surface area contributed by atoms with Gasteiger partial charge < -0.3 is 10.2 Å². The van der Waals surface area contributed by atoms with Crippen molar-refractivity contribution in [2.75, 3.05) is 24.6 Å². The van der Waals surface area contributed by atoms with Crippen LogP contribution in [0.3, 0.4) is 0 Å². The van der Waals surface area contributed by atoms with Gasteiger partial charge in [0.05, 0.1) is 0 Å². The molecule has 1 N–H and O–H groups in total. The highest BCUT2D eigenvalue weighted by molar-refractivity contribution is 7.99. The van der Waals surface area contributed by atoms with Gasteiger partial charge in [-0.15, -0.1) is 0 Å². The largest absolute Gasteiger partial charge is 0.341 e. The normalized spacial score (nSPS) is 34.7. The zero-order valence-electron chi connectivity index (χ0n) is 10.4. The van der Waals surface area contributed by atoms with Crippen LogP contribution in [-0.2, 0) is 4.79 Å². The Morgan fingerprint density at radius 2 is 1.82 bits per heavy atom. The monoisotopic (exact) mass is 254 g/mol. The number of carbonyl (C=O) groups excluding carboxylic acids is 1. The fourth-order valence-corrected chi connectivity index (χ4v) is 4.45.